The second-order valence-electron chi connectivity index (χ2n) is 5.32. The maximum atomic E-state index is 12.4. The van der Waals surface area contributed by atoms with Crippen LogP contribution >= 0.6 is 0 Å². The van der Waals surface area contributed by atoms with Crippen LogP contribution in [0, 0.1) is 12.8 Å². The normalized spacial score (nSPS) is 23.7. The zero-order chi connectivity index (χ0) is 13.1. The SMILES string of the molecule is Cc1cccc(N(C)C(=O)C2CCC(C)NC2)c1. The molecule has 1 N–H and O–H groups in total. The highest BCUT2D eigenvalue weighted by molar-refractivity contribution is 5.94. The maximum absolute atomic E-state index is 12.4. The molecule has 18 heavy (non-hydrogen) atoms. The molecule has 0 spiro atoms. The van der Waals surface area contributed by atoms with Crippen LogP contribution < -0.4 is 10.2 Å². The first-order chi connectivity index (χ1) is 8.58. The Morgan fingerprint density at radius 3 is 2.78 bits per heavy atom. The average molecular weight is 246 g/mol. The topological polar surface area (TPSA) is 32.3 Å². The van der Waals surface area contributed by atoms with Crippen LogP contribution in [0.25, 0.3) is 0 Å². The van der Waals surface area contributed by atoms with Crippen LogP contribution in [0.5, 0.6) is 0 Å². The molecule has 0 saturated carbocycles. The van der Waals surface area contributed by atoms with Crippen LogP contribution in [-0.2, 0) is 4.79 Å². The van der Waals surface area contributed by atoms with E-state index in [2.05, 4.69) is 18.3 Å². The van der Waals surface area contributed by atoms with Gasteiger partial charge in [-0.05, 0) is 44.4 Å². The number of carbonyl (C=O) groups excluding carboxylic acids is 1. The molecule has 1 amide bonds. The Labute approximate surface area is 109 Å². The van der Waals surface area contributed by atoms with Crippen molar-refractivity contribution >= 4 is 11.6 Å². The molecule has 0 bridgehead atoms. The van der Waals surface area contributed by atoms with Crippen molar-refractivity contribution in [2.24, 2.45) is 5.92 Å². The van der Waals surface area contributed by atoms with E-state index >= 15 is 0 Å². The molecule has 1 aliphatic heterocycles. The number of rotatable bonds is 2. The van der Waals surface area contributed by atoms with E-state index in [1.54, 1.807) is 4.90 Å². The lowest BCUT2D eigenvalue weighted by Crippen LogP contribution is -2.44. The molecule has 3 heteroatoms. The van der Waals surface area contributed by atoms with Gasteiger partial charge in [0.05, 0.1) is 5.92 Å². The van der Waals surface area contributed by atoms with Crippen molar-refractivity contribution < 1.29 is 4.79 Å². The molecule has 1 fully saturated rings. The Morgan fingerprint density at radius 1 is 1.39 bits per heavy atom. The number of nitrogens with zero attached hydrogens (tertiary/aromatic N) is 1. The summed E-state index contributed by atoms with van der Waals surface area (Å²) >= 11 is 0. The molecule has 0 aliphatic carbocycles. The van der Waals surface area contributed by atoms with E-state index in [-0.39, 0.29) is 11.8 Å². The van der Waals surface area contributed by atoms with Gasteiger partial charge in [0.1, 0.15) is 0 Å². The van der Waals surface area contributed by atoms with Crippen molar-refractivity contribution in [3.8, 4) is 0 Å². The molecule has 0 radical (unpaired) electrons. The standard InChI is InChI=1S/C15H22N2O/c1-11-5-4-6-14(9-11)17(3)15(18)13-8-7-12(2)16-10-13/h4-6,9,12-13,16H,7-8,10H2,1-3H3. The van der Waals surface area contributed by atoms with Gasteiger partial charge in [0.15, 0.2) is 0 Å². The van der Waals surface area contributed by atoms with Crippen LogP contribution in [0.1, 0.15) is 25.3 Å². The maximum Gasteiger partial charge on any atom is 0.231 e. The fourth-order valence-electron chi connectivity index (χ4n) is 2.45. The van der Waals surface area contributed by atoms with Crippen LogP contribution in [0.4, 0.5) is 5.69 Å². The number of benzene rings is 1. The summed E-state index contributed by atoms with van der Waals surface area (Å²) in [6.45, 7) is 5.02. The largest absolute Gasteiger partial charge is 0.315 e. The number of hydrogen-bond donors (Lipinski definition) is 1. The number of aryl methyl sites for hydroxylation is 1. The first-order valence-corrected chi connectivity index (χ1v) is 6.65. The summed E-state index contributed by atoms with van der Waals surface area (Å²) in [5, 5.41) is 3.38. The fourth-order valence-corrected chi connectivity index (χ4v) is 2.45. The number of anilines is 1. The van der Waals surface area contributed by atoms with Crippen molar-refractivity contribution in [2.45, 2.75) is 32.7 Å². The highest BCUT2D eigenvalue weighted by atomic mass is 16.2. The summed E-state index contributed by atoms with van der Waals surface area (Å²) in [4.78, 5) is 14.2. The number of hydrogen-bond acceptors (Lipinski definition) is 2. The van der Waals surface area contributed by atoms with E-state index in [9.17, 15) is 4.79 Å². The lowest BCUT2D eigenvalue weighted by atomic mass is 9.94. The van der Waals surface area contributed by atoms with E-state index in [0.29, 0.717) is 6.04 Å². The second-order valence-corrected chi connectivity index (χ2v) is 5.32. The van der Waals surface area contributed by atoms with Gasteiger partial charge in [0.2, 0.25) is 5.91 Å². The molecule has 2 atom stereocenters. The minimum Gasteiger partial charge on any atom is -0.315 e. The van der Waals surface area contributed by atoms with Gasteiger partial charge in [-0.3, -0.25) is 4.79 Å². The third kappa shape index (κ3) is 2.91. The fraction of sp³-hybridized carbons (Fsp3) is 0.533. The minimum absolute atomic E-state index is 0.117. The van der Waals surface area contributed by atoms with Crippen molar-refractivity contribution in [2.75, 3.05) is 18.5 Å². The zero-order valence-electron chi connectivity index (χ0n) is 11.4. The lowest BCUT2D eigenvalue weighted by Gasteiger charge is -2.30. The Kier molecular flexibility index (Phi) is 4.02. The van der Waals surface area contributed by atoms with Crippen molar-refractivity contribution in [1.82, 2.24) is 5.32 Å². The lowest BCUT2D eigenvalue weighted by molar-refractivity contribution is -0.122. The smallest absolute Gasteiger partial charge is 0.231 e. The highest BCUT2D eigenvalue weighted by Gasteiger charge is 2.26. The Morgan fingerprint density at radius 2 is 2.17 bits per heavy atom. The van der Waals surface area contributed by atoms with E-state index in [0.717, 1.165) is 25.1 Å². The first-order valence-electron chi connectivity index (χ1n) is 6.65. The predicted molar refractivity (Wildman–Crippen MR) is 74.8 cm³/mol. The summed E-state index contributed by atoms with van der Waals surface area (Å²) in [6, 6.07) is 8.63. The molecular weight excluding hydrogens is 224 g/mol. The van der Waals surface area contributed by atoms with Gasteiger partial charge in [-0.15, -0.1) is 0 Å². The summed E-state index contributed by atoms with van der Waals surface area (Å²) < 4.78 is 0. The van der Waals surface area contributed by atoms with Gasteiger partial charge in [-0.2, -0.15) is 0 Å². The molecule has 1 aromatic rings. The molecule has 2 unspecified atom stereocenters. The van der Waals surface area contributed by atoms with Crippen molar-refractivity contribution in [3.05, 3.63) is 29.8 Å². The van der Waals surface area contributed by atoms with Crippen molar-refractivity contribution in [1.29, 1.82) is 0 Å². The van der Waals surface area contributed by atoms with Crippen LogP contribution in [0.15, 0.2) is 24.3 Å². The van der Waals surface area contributed by atoms with Gasteiger partial charge in [0, 0.05) is 25.3 Å². The molecule has 1 saturated heterocycles. The van der Waals surface area contributed by atoms with Crippen LogP contribution in [-0.4, -0.2) is 25.5 Å². The minimum atomic E-state index is 0.117. The molecule has 1 heterocycles. The number of nitrogens with one attached hydrogen (secondary N) is 1. The van der Waals surface area contributed by atoms with E-state index < -0.39 is 0 Å². The van der Waals surface area contributed by atoms with Crippen LogP contribution in [0.2, 0.25) is 0 Å². The molecule has 3 nitrogen and oxygen atoms in total. The number of amides is 1. The quantitative estimate of drug-likeness (QED) is 0.868. The van der Waals surface area contributed by atoms with E-state index in [1.807, 2.05) is 32.2 Å². The van der Waals surface area contributed by atoms with Gasteiger partial charge >= 0.3 is 0 Å². The second kappa shape index (κ2) is 5.53. The van der Waals surface area contributed by atoms with Gasteiger partial charge in [-0.1, -0.05) is 12.1 Å². The van der Waals surface area contributed by atoms with Crippen LogP contribution in [0.3, 0.4) is 0 Å². The van der Waals surface area contributed by atoms with Gasteiger partial charge in [0.25, 0.3) is 0 Å². The molecule has 0 aromatic heterocycles. The molecular formula is C15H22N2O. The first kappa shape index (κ1) is 13.1. The monoisotopic (exact) mass is 246 g/mol. The number of carbonyl (C=O) groups is 1. The zero-order valence-corrected chi connectivity index (χ0v) is 11.4. The number of piperidine rings is 1. The molecule has 98 valence electrons. The molecule has 2 rings (SSSR count). The Hall–Kier alpha value is -1.35. The molecule has 1 aromatic carbocycles. The van der Waals surface area contributed by atoms with Gasteiger partial charge in [-0.25, -0.2) is 0 Å². The average Bonchev–Trinajstić information content (AvgIpc) is 2.38. The van der Waals surface area contributed by atoms with Crippen molar-refractivity contribution in [3.63, 3.8) is 0 Å². The Bertz CT molecular complexity index is 422. The van der Waals surface area contributed by atoms with E-state index in [1.165, 1.54) is 5.56 Å². The summed E-state index contributed by atoms with van der Waals surface area (Å²) in [7, 11) is 1.87. The van der Waals surface area contributed by atoms with Gasteiger partial charge < -0.3 is 10.2 Å². The highest BCUT2D eigenvalue weighted by Crippen LogP contribution is 2.21. The Balaban J connectivity index is 2.04. The third-order valence-corrected chi connectivity index (χ3v) is 3.73. The summed E-state index contributed by atoms with van der Waals surface area (Å²) in [6.07, 6.45) is 2.07. The summed E-state index contributed by atoms with van der Waals surface area (Å²) in [5.74, 6) is 0.340. The predicted octanol–water partition coefficient (Wildman–Crippen LogP) is 2.35. The third-order valence-electron chi connectivity index (χ3n) is 3.73. The van der Waals surface area contributed by atoms with E-state index in [4.69, 9.17) is 0 Å². The summed E-state index contributed by atoms with van der Waals surface area (Å²) in [5.41, 5.74) is 2.17. The molecule has 1 aliphatic rings.